The topological polar surface area (TPSA) is 211 Å². The van der Waals surface area contributed by atoms with Gasteiger partial charge in [0.25, 0.3) is 0 Å². The molecule has 0 saturated carbocycles. The highest BCUT2D eigenvalue weighted by Gasteiger charge is 2.50. The van der Waals surface area contributed by atoms with Gasteiger partial charge in [-0.25, -0.2) is 4.98 Å². The average molecular weight is 959 g/mol. The molecule has 3 aromatic heterocycles. The van der Waals surface area contributed by atoms with Gasteiger partial charge < -0.3 is 35.8 Å². The number of ketones is 1. The number of nitrogens with zero attached hydrogens (tertiary/aromatic N) is 5. The highest BCUT2D eigenvalue weighted by molar-refractivity contribution is 7.15. The molecule has 5 N–H and O–H groups in total. The molecule has 7 rings (SSSR count). The van der Waals surface area contributed by atoms with E-state index < -0.39 is 40.8 Å². The van der Waals surface area contributed by atoms with Gasteiger partial charge in [-0.05, 0) is 61.9 Å². The normalized spacial score (nSPS) is 18.5. The van der Waals surface area contributed by atoms with Crippen LogP contribution in [0, 0.1) is 33.1 Å². The lowest BCUT2D eigenvalue weighted by molar-refractivity contribution is -0.144. The second kappa shape index (κ2) is 20.8. The van der Waals surface area contributed by atoms with Crippen LogP contribution in [0.25, 0.3) is 15.4 Å². The Bertz CT molecular complexity index is 2600. The number of aromatic nitrogens is 4. The molecule has 1 fully saturated rings. The molecule has 0 aliphatic carbocycles. The fourth-order valence-electron chi connectivity index (χ4n) is 7.99. The molecule has 16 nitrogen and oxygen atoms in total. The lowest BCUT2D eigenvalue weighted by Crippen LogP contribution is -2.58. The van der Waals surface area contributed by atoms with Gasteiger partial charge in [0, 0.05) is 47.1 Å². The van der Waals surface area contributed by atoms with Gasteiger partial charge in [0.2, 0.25) is 17.7 Å². The van der Waals surface area contributed by atoms with E-state index in [2.05, 4.69) is 50.3 Å². The van der Waals surface area contributed by atoms with E-state index in [-0.39, 0.29) is 70.7 Å². The summed E-state index contributed by atoms with van der Waals surface area (Å²) in [7, 11) is 0. The van der Waals surface area contributed by atoms with E-state index in [1.807, 2.05) is 72.5 Å². The van der Waals surface area contributed by atoms with Crippen molar-refractivity contribution >= 4 is 63.5 Å². The van der Waals surface area contributed by atoms with Crippen molar-refractivity contribution in [3.63, 3.8) is 0 Å². The molecule has 0 unspecified atom stereocenters. The van der Waals surface area contributed by atoms with Gasteiger partial charge in [0.15, 0.2) is 11.6 Å². The molecule has 2 aliphatic heterocycles. The SMILES string of the molecule is Cc1ncsc1-c1ccc(CNC(=O)[C@@H]2C[C@](O)(C(=O)[C@@H](NC(=O)COCCOCCNC(=O)C[C@@H]3N=C(c4ccc(Cl)cc4)c4c(sc(C)c4C)-n4c(C)nnc43)C(C)(C)C)CN2)cc1. The number of aliphatic hydroxyl groups is 1. The molecule has 1 saturated heterocycles. The number of aliphatic imine (C=N–C) groups is 1. The largest absolute Gasteiger partial charge is 0.381 e. The van der Waals surface area contributed by atoms with Crippen LogP contribution in [0.5, 0.6) is 0 Å². The molecular weight excluding hydrogens is 902 g/mol. The van der Waals surface area contributed by atoms with Crippen LogP contribution in [0.15, 0.2) is 59.0 Å². The maximum atomic E-state index is 13.9. The van der Waals surface area contributed by atoms with E-state index in [4.69, 9.17) is 26.1 Å². The van der Waals surface area contributed by atoms with E-state index in [9.17, 15) is 24.3 Å². The third kappa shape index (κ3) is 11.1. The Hall–Kier alpha value is -5.21. The summed E-state index contributed by atoms with van der Waals surface area (Å²) in [4.78, 5) is 65.0. The lowest BCUT2D eigenvalue weighted by atomic mass is 9.77. The fraction of sp³-hybridized carbons (Fsp3) is 0.447. The summed E-state index contributed by atoms with van der Waals surface area (Å²) < 4.78 is 13.2. The number of β-amino-alcohol motifs (C(OH)–C–C–N with tert-alkyl or cyclic N) is 1. The van der Waals surface area contributed by atoms with Crippen LogP contribution >= 0.6 is 34.3 Å². The first kappa shape index (κ1) is 48.7. The Labute approximate surface area is 397 Å². The maximum absolute atomic E-state index is 13.9. The van der Waals surface area contributed by atoms with Gasteiger partial charge >= 0.3 is 0 Å². The molecule has 350 valence electrons. The summed E-state index contributed by atoms with van der Waals surface area (Å²) in [5.74, 6) is -0.411. The number of thiazole rings is 1. The van der Waals surface area contributed by atoms with Crippen molar-refractivity contribution in [3.8, 4) is 15.4 Å². The summed E-state index contributed by atoms with van der Waals surface area (Å²) in [6.45, 7) is 13.8. The van der Waals surface area contributed by atoms with E-state index in [0.29, 0.717) is 16.7 Å². The fourth-order valence-corrected chi connectivity index (χ4v) is 10.1. The summed E-state index contributed by atoms with van der Waals surface area (Å²) in [5.41, 5.74) is 5.82. The highest BCUT2D eigenvalue weighted by atomic mass is 35.5. The highest BCUT2D eigenvalue weighted by Crippen LogP contribution is 2.40. The zero-order valence-corrected chi connectivity index (χ0v) is 40.5. The van der Waals surface area contributed by atoms with E-state index in [0.717, 1.165) is 54.0 Å². The maximum Gasteiger partial charge on any atom is 0.246 e. The van der Waals surface area contributed by atoms with Crippen molar-refractivity contribution in [2.75, 3.05) is 39.5 Å². The summed E-state index contributed by atoms with van der Waals surface area (Å²) in [6, 6.07) is 12.9. The molecule has 0 radical (unpaired) electrons. The van der Waals surface area contributed by atoms with E-state index in [1.54, 1.807) is 43.4 Å². The molecular formula is C47H56ClN9O7S2. The lowest BCUT2D eigenvalue weighted by Gasteiger charge is -2.35. The van der Waals surface area contributed by atoms with Crippen molar-refractivity contribution in [1.29, 1.82) is 0 Å². The van der Waals surface area contributed by atoms with Gasteiger partial charge in [-0.1, -0.05) is 68.8 Å². The molecule has 0 bridgehead atoms. The summed E-state index contributed by atoms with van der Waals surface area (Å²) in [6.07, 6.45) is -0.108. The first-order valence-electron chi connectivity index (χ1n) is 21.8. The van der Waals surface area contributed by atoms with Crippen LogP contribution in [-0.4, -0.2) is 111 Å². The van der Waals surface area contributed by atoms with Gasteiger partial charge in [-0.3, -0.25) is 28.7 Å². The number of ether oxygens (including phenoxy) is 2. The van der Waals surface area contributed by atoms with Crippen molar-refractivity contribution in [1.82, 2.24) is 41.0 Å². The number of halogens is 1. The van der Waals surface area contributed by atoms with Gasteiger partial charge in [0.05, 0.1) is 60.1 Å². The number of carbonyl (C=O) groups excluding carboxylic acids is 4. The minimum atomic E-state index is -1.88. The van der Waals surface area contributed by atoms with Crippen LogP contribution in [0.3, 0.4) is 0 Å². The molecule has 19 heteroatoms. The molecule has 2 aliphatic rings. The van der Waals surface area contributed by atoms with Gasteiger partial charge in [0.1, 0.15) is 29.1 Å². The molecule has 0 spiro atoms. The molecule has 5 aromatic rings. The van der Waals surface area contributed by atoms with Crippen molar-refractivity contribution in [3.05, 3.63) is 104 Å². The van der Waals surface area contributed by atoms with E-state index in [1.165, 1.54) is 0 Å². The number of thiophene rings is 1. The number of Topliss-reactive ketones (excluding diaryl/α,β-unsaturated/α-hetero) is 1. The Kier molecular flexibility index (Phi) is 15.3. The van der Waals surface area contributed by atoms with Crippen LogP contribution in [0.4, 0.5) is 0 Å². The van der Waals surface area contributed by atoms with Crippen molar-refractivity contribution in [2.24, 2.45) is 10.4 Å². The summed E-state index contributed by atoms with van der Waals surface area (Å²) in [5, 5.41) is 33.4. The Morgan fingerprint density at radius 1 is 0.955 bits per heavy atom. The van der Waals surface area contributed by atoms with E-state index >= 15 is 0 Å². The number of hydrogen-bond donors (Lipinski definition) is 5. The zero-order valence-electron chi connectivity index (χ0n) is 38.1. The van der Waals surface area contributed by atoms with Crippen LogP contribution in [0.1, 0.15) is 84.1 Å². The molecule has 2 aromatic carbocycles. The quantitative estimate of drug-likeness (QED) is 0.0714. The number of nitrogens with one attached hydrogen (secondary N) is 4. The van der Waals surface area contributed by atoms with Crippen molar-refractivity contribution in [2.45, 2.75) is 91.6 Å². The third-order valence-electron chi connectivity index (χ3n) is 11.7. The van der Waals surface area contributed by atoms with Crippen LogP contribution < -0.4 is 21.3 Å². The molecule has 3 amide bonds. The second-order valence-electron chi connectivity index (χ2n) is 17.7. The Balaban J connectivity index is 0.833. The number of benzene rings is 2. The first-order valence-corrected chi connectivity index (χ1v) is 23.9. The number of hydrogen-bond acceptors (Lipinski definition) is 14. The molecule has 5 heterocycles. The molecule has 66 heavy (non-hydrogen) atoms. The number of amides is 3. The smallest absolute Gasteiger partial charge is 0.246 e. The monoisotopic (exact) mass is 957 g/mol. The van der Waals surface area contributed by atoms with Crippen molar-refractivity contribution < 1.29 is 33.8 Å². The number of rotatable bonds is 18. The third-order valence-corrected chi connectivity index (χ3v) is 14.2. The standard InChI is InChI=1S/C47H56ClN9O7S2/c1-26-28(3)66-45-38(26)39(31-12-14-33(48)15-13-31)53-34(43-56-55-29(4)57(43)45)20-36(58)49-16-17-63-18-19-64-23-37(59)54-41(46(5,6)7)42(60)47(62)21-35(51-24-47)44(61)50-22-30-8-10-32(11-9-30)40-27(2)52-25-65-40/h8-15,25,34-35,41,51,62H,16-24H2,1-7H3,(H,49,58)(H,50,61)(H,54,59)/t34-,35-,41+,47+/m0/s1. The predicted octanol–water partition coefficient (Wildman–Crippen LogP) is 5.28. The molecule has 4 atom stereocenters. The minimum absolute atomic E-state index is 0.0349. The Morgan fingerprint density at radius 2 is 1.67 bits per heavy atom. The number of fused-ring (bicyclic) bond motifs is 3. The predicted molar refractivity (Wildman–Crippen MR) is 254 cm³/mol. The Morgan fingerprint density at radius 3 is 2.36 bits per heavy atom. The number of carbonyl (C=O) groups is 4. The average Bonchev–Trinajstić information content (AvgIpc) is 4.05. The first-order chi connectivity index (χ1) is 31.4. The number of aryl methyl sites for hydroxylation is 3. The van der Waals surface area contributed by atoms with Crippen LogP contribution in [-0.2, 0) is 35.2 Å². The van der Waals surface area contributed by atoms with Gasteiger partial charge in [-0.2, -0.15) is 0 Å². The second-order valence-corrected chi connectivity index (χ2v) is 20.2. The minimum Gasteiger partial charge on any atom is -0.381 e. The van der Waals surface area contributed by atoms with Gasteiger partial charge in [-0.15, -0.1) is 32.9 Å². The van der Waals surface area contributed by atoms with Crippen LogP contribution in [0.2, 0.25) is 5.02 Å². The zero-order chi connectivity index (χ0) is 47.3. The summed E-state index contributed by atoms with van der Waals surface area (Å²) >= 11 is 9.44.